The predicted octanol–water partition coefficient (Wildman–Crippen LogP) is 4.45. The van der Waals surface area contributed by atoms with Gasteiger partial charge in [-0.3, -0.25) is 9.59 Å². The number of anilines is 1. The summed E-state index contributed by atoms with van der Waals surface area (Å²) in [5.74, 6) is 0.786. The van der Waals surface area contributed by atoms with Gasteiger partial charge in [0.15, 0.2) is 5.13 Å². The molecule has 2 amide bonds. The minimum absolute atomic E-state index is 0.000114. The maximum atomic E-state index is 13.0. The van der Waals surface area contributed by atoms with E-state index in [0.29, 0.717) is 29.8 Å². The van der Waals surface area contributed by atoms with Crippen molar-refractivity contribution >= 4 is 28.3 Å². The average molecular weight is 404 g/mol. The van der Waals surface area contributed by atoms with Gasteiger partial charge in [0.05, 0.1) is 6.61 Å². The molecule has 1 N–H and O–H groups in total. The fourth-order valence-electron chi connectivity index (χ4n) is 2.49. The summed E-state index contributed by atoms with van der Waals surface area (Å²) in [6.45, 7) is 7.50. The highest BCUT2D eigenvalue weighted by molar-refractivity contribution is 7.13. The monoisotopic (exact) mass is 403 g/mol. The van der Waals surface area contributed by atoms with Crippen LogP contribution in [0.5, 0.6) is 5.75 Å². The van der Waals surface area contributed by atoms with Crippen molar-refractivity contribution in [1.82, 2.24) is 9.88 Å². The zero-order valence-corrected chi connectivity index (χ0v) is 17.6. The van der Waals surface area contributed by atoms with Crippen molar-refractivity contribution in [2.45, 2.75) is 40.0 Å². The fraction of sp³-hybridized carbons (Fsp3) is 0.476. The van der Waals surface area contributed by atoms with Crippen LogP contribution < -0.4 is 10.1 Å². The number of unbranched alkanes of at least 4 members (excludes halogenated alkanes) is 1. The zero-order chi connectivity index (χ0) is 20.4. The predicted molar refractivity (Wildman–Crippen MR) is 113 cm³/mol. The molecule has 2 rings (SSSR count). The Bertz CT molecular complexity index is 730. The van der Waals surface area contributed by atoms with Crippen molar-refractivity contribution in [2.75, 3.05) is 25.0 Å². The molecule has 0 aliphatic carbocycles. The van der Waals surface area contributed by atoms with Gasteiger partial charge in [-0.05, 0) is 43.0 Å². The van der Waals surface area contributed by atoms with Crippen LogP contribution in [0.15, 0.2) is 35.8 Å². The van der Waals surface area contributed by atoms with Gasteiger partial charge in [-0.25, -0.2) is 4.98 Å². The molecular weight excluding hydrogens is 374 g/mol. The van der Waals surface area contributed by atoms with E-state index in [1.165, 1.54) is 11.3 Å². The van der Waals surface area contributed by atoms with Crippen LogP contribution in [0.3, 0.4) is 0 Å². The topological polar surface area (TPSA) is 71.5 Å². The molecule has 0 aliphatic heterocycles. The summed E-state index contributed by atoms with van der Waals surface area (Å²) in [4.78, 5) is 30.9. The molecule has 0 atom stereocenters. The van der Waals surface area contributed by atoms with Crippen LogP contribution in [0.25, 0.3) is 0 Å². The van der Waals surface area contributed by atoms with Gasteiger partial charge in [-0.2, -0.15) is 0 Å². The number of benzene rings is 1. The normalized spacial score (nSPS) is 10.7. The maximum absolute atomic E-state index is 13.0. The summed E-state index contributed by atoms with van der Waals surface area (Å²) in [7, 11) is 0. The Hall–Kier alpha value is -2.41. The largest absolute Gasteiger partial charge is 0.494 e. The van der Waals surface area contributed by atoms with Gasteiger partial charge in [-0.1, -0.05) is 27.2 Å². The maximum Gasteiger partial charge on any atom is 0.254 e. The molecular formula is C21H29N3O3S. The van der Waals surface area contributed by atoms with Crippen molar-refractivity contribution in [2.24, 2.45) is 5.92 Å². The van der Waals surface area contributed by atoms with Crippen molar-refractivity contribution in [3.63, 3.8) is 0 Å². The molecule has 0 saturated carbocycles. The molecule has 0 unspecified atom stereocenters. The quantitative estimate of drug-likeness (QED) is 0.563. The molecule has 0 radical (unpaired) electrons. The van der Waals surface area contributed by atoms with Crippen LogP contribution in [0.4, 0.5) is 5.13 Å². The van der Waals surface area contributed by atoms with Crippen LogP contribution in [0.1, 0.15) is 50.4 Å². The first-order valence-electron chi connectivity index (χ1n) is 9.71. The van der Waals surface area contributed by atoms with Crippen molar-refractivity contribution in [3.05, 3.63) is 41.4 Å². The minimum atomic E-state index is -0.244. The molecule has 1 heterocycles. The Balaban J connectivity index is 2.02. The summed E-state index contributed by atoms with van der Waals surface area (Å²) in [5.41, 5.74) is 0.550. The third kappa shape index (κ3) is 7.31. The lowest BCUT2D eigenvalue weighted by Crippen LogP contribution is -2.39. The molecule has 0 spiro atoms. The summed E-state index contributed by atoms with van der Waals surface area (Å²) in [5, 5.41) is 5.07. The molecule has 28 heavy (non-hydrogen) atoms. The molecule has 0 aliphatic rings. The van der Waals surface area contributed by atoms with Gasteiger partial charge in [0.1, 0.15) is 12.3 Å². The second-order valence-electron chi connectivity index (χ2n) is 7.02. The Morgan fingerprint density at radius 1 is 1.25 bits per heavy atom. The van der Waals surface area contributed by atoms with E-state index in [1.54, 1.807) is 40.7 Å². The van der Waals surface area contributed by atoms with E-state index >= 15 is 0 Å². The van der Waals surface area contributed by atoms with Gasteiger partial charge in [0.2, 0.25) is 5.91 Å². The molecule has 152 valence electrons. The Labute approximate surface area is 170 Å². The fourth-order valence-corrected chi connectivity index (χ4v) is 3.04. The van der Waals surface area contributed by atoms with Gasteiger partial charge in [0, 0.05) is 23.7 Å². The van der Waals surface area contributed by atoms with Crippen molar-refractivity contribution in [3.8, 4) is 5.75 Å². The number of rotatable bonds is 11. The Morgan fingerprint density at radius 3 is 2.61 bits per heavy atom. The summed E-state index contributed by atoms with van der Waals surface area (Å²) < 4.78 is 5.65. The SMILES string of the molecule is CCCCOc1ccc(C(=O)N(CCC(C)C)CC(=O)Nc2nccs2)cc1. The molecule has 6 nitrogen and oxygen atoms in total. The van der Waals surface area contributed by atoms with Crippen LogP contribution in [-0.2, 0) is 4.79 Å². The molecule has 0 saturated heterocycles. The second-order valence-corrected chi connectivity index (χ2v) is 7.92. The summed E-state index contributed by atoms with van der Waals surface area (Å²) in [6, 6.07) is 7.12. The molecule has 1 aromatic heterocycles. The van der Waals surface area contributed by atoms with Crippen LogP contribution in [-0.4, -0.2) is 41.4 Å². The number of ether oxygens (including phenoxy) is 1. The molecule has 0 fully saturated rings. The zero-order valence-electron chi connectivity index (χ0n) is 16.8. The van der Waals surface area contributed by atoms with Crippen molar-refractivity contribution < 1.29 is 14.3 Å². The second kappa shape index (κ2) is 11.4. The van der Waals surface area contributed by atoms with Gasteiger partial charge in [-0.15, -0.1) is 11.3 Å². The number of nitrogens with one attached hydrogen (secondary N) is 1. The van der Waals surface area contributed by atoms with Crippen molar-refractivity contribution in [1.29, 1.82) is 0 Å². The summed E-state index contributed by atoms with van der Waals surface area (Å²) in [6.07, 6.45) is 4.53. The van der Waals surface area contributed by atoms with E-state index in [2.05, 4.69) is 31.1 Å². The van der Waals surface area contributed by atoms with Gasteiger partial charge < -0.3 is 15.0 Å². The standard InChI is InChI=1S/C21H29N3O3S/c1-4-5-13-27-18-8-6-17(7-9-18)20(26)24(12-10-16(2)3)15-19(25)23-21-22-11-14-28-21/h6-9,11,14,16H,4-5,10,12-13,15H2,1-3H3,(H,22,23,25). The lowest BCUT2D eigenvalue weighted by Gasteiger charge is -2.23. The first kappa shape index (κ1) is 21.9. The number of amides is 2. The van der Waals surface area contributed by atoms with Crippen LogP contribution in [0, 0.1) is 5.92 Å². The first-order valence-corrected chi connectivity index (χ1v) is 10.6. The average Bonchev–Trinajstić information content (AvgIpc) is 3.18. The summed E-state index contributed by atoms with van der Waals surface area (Å²) >= 11 is 1.35. The van der Waals surface area contributed by atoms with Crippen LogP contribution >= 0.6 is 11.3 Å². The van der Waals surface area contributed by atoms with E-state index in [1.807, 2.05) is 0 Å². The van der Waals surface area contributed by atoms with Crippen LogP contribution in [0.2, 0.25) is 0 Å². The Kier molecular flexibility index (Phi) is 8.94. The first-order chi connectivity index (χ1) is 13.5. The number of carbonyl (C=O) groups is 2. The minimum Gasteiger partial charge on any atom is -0.494 e. The smallest absolute Gasteiger partial charge is 0.254 e. The highest BCUT2D eigenvalue weighted by Crippen LogP contribution is 2.16. The number of thiazole rings is 1. The van der Waals surface area contributed by atoms with E-state index in [-0.39, 0.29) is 18.4 Å². The number of carbonyl (C=O) groups excluding carboxylic acids is 2. The number of aromatic nitrogens is 1. The molecule has 2 aromatic rings. The number of hydrogen-bond acceptors (Lipinski definition) is 5. The lowest BCUT2D eigenvalue weighted by molar-refractivity contribution is -0.116. The van der Waals surface area contributed by atoms with E-state index in [9.17, 15) is 9.59 Å². The number of nitrogens with zero attached hydrogens (tertiary/aromatic N) is 2. The molecule has 1 aromatic carbocycles. The van der Waals surface area contributed by atoms with E-state index < -0.39 is 0 Å². The highest BCUT2D eigenvalue weighted by atomic mass is 32.1. The highest BCUT2D eigenvalue weighted by Gasteiger charge is 2.19. The third-order valence-corrected chi connectivity index (χ3v) is 4.83. The molecule has 7 heteroatoms. The third-order valence-electron chi connectivity index (χ3n) is 4.14. The van der Waals surface area contributed by atoms with Gasteiger partial charge in [0.25, 0.3) is 5.91 Å². The molecule has 0 bridgehead atoms. The number of hydrogen-bond donors (Lipinski definition) is 1. The Morgan fingerprint density at radius 2 is 2.00 bits per heavy atom. The van der Waals surface area contributed by atoms with E-state index in [0.717, 1.165) is 25.0 Å². The lowest BCUT2D eigenvalue weighted by atomic mass is 10.1. The van der Waals surface area contributed by atoms with Gasteiger partial charge >= 0.3 is 0 Å². The van der Waals surface area contributed by atoms with E-state index in [4.69, 9.17) is 4.74 Å².